The normalized spacial score (nSPS) is 10.4. The van der Waals surface area contributed by atoms with Crippen molar-refractivity contribution in [2.45, 2.75) is 20.8 Å². The molecule has 0 bridgehead atoms. The molecule has 104 valence electrons. The fourth-order valence-corrected chi connectivity index (χ4v) is 2.19. The van der Waals surface area contributed by atoms with Crippen molar-refractivity contribution in [3.8, 4) is 11.6 Å². The molecule has 0 saturated carbocycles. The van der Waals surface area contributed by atoms with Gasteiger partial charge in [-0.1, -0.05) is 29.3 Å². The average Bonchev–Trinajstić information content (AvgIpc) is 2.33. The first-order chi connectivity index (χ1) is 9.38. The van der Waals surface area contributed by atoms with Gasteiger partial charge in [0.1, 0.15) is 10.9 Å². The third-order valence-corrected chi connectivity index (χ3v) is 3.02. The van der Waals surface area contributed by atoms with E-state index in [1.165, 1.54) is 12.1 Å². The van der Waals surface area contributed by atoms with Crippen molar-refractivity contribution in [2.75, 3.05) is 0 Å². The van der Waals surface area contributed by atoms with Gasteiger partial charge in [-0.25, -0.2) is 0 Å². The van der Waals surface area contributed by atoms with Crippen LogP contribution in [0.15, 0.2) is 24.3 Å². The molecule has 0 aliphatic rings. The van der Waals surface area contributed by atoms with E-state index in [0.717, 1.165) is 16.7 Å². The number of hydrogen-bond acceptors (Lipinski definition) is 4. The highest BCUT2D eigenvalue weighted by atomic mass is 35.5. The largest absolute Gasteiger partial charge is 0.433 e. The van der Waals surface area contributed by atoms with E-state index in [4.69, 9.17) is 16.3 Å². The highest BCUT2D eigenvalue weighted by Crippen LogP contribution is 2.34. The van der Waals surface area contributed by atoms with Gasteiger partial charge in [0.15, 0.2) is 0 Å². The summed E-state index contributed by atoms with van der Waals surface area (Å²) >= 11 is 5.78. The van der Waals surface area contributed by atoms with E-state index in [1.807, 2.05) is 32.9 Å². The molecule has 0 saturated heterocycles. The molecule has 1 aromatic carbocycles. The maximum Gasteiger partial charge on any atom is 0.331 e. The minimum absolute atomic E-state index is 0.0995. The molecule has 0 aliphatic heterocycles. The quantitative estimate of drug-likeness (QED) is 0.479. The van der Waals surface area contributed by atoms with Gasteiger partial charge in [-0.2, -0.15) is 4.98 Å². The van der Waals surface area contributed by atoms with Crippen LogP contribution in [-0.2, 0) is 0 Å². The number of benzene rings is 1. The van der Waals surface area contributed by atoms with Gasteiger partial charge in [0.25, 0.3) is 0 Å². The molecule has 20 heavy (non-hydrogen) atoms. The number of nitro groups is 1. The molecule has 0 spiro atoms. The van der Waals surface area contributed by atoms with Crippen LogP contribution in [0.5, 0.6) is 11.6 Å². The predicted octanol–water partition coefficient (Wildman–Crippen LogP) is 4.36. The van der Waals surface area contributed by atoms with Crippen molar-refractivity contribution in [1.29, 1.82) is 0 Å². The van der Waals surface area contributed by atoms with E-state index < -0.39 is 4.92 Å². The molecule has 2 aromatic rings. The highest BCUT2D eigenvalue weighted by molar-refractivity contribution is 6.29. The SMILES string of the molecule is Cc1cc(C)c(Oc2nc(Cl)ccc2[N+](=O)[O-])c(C)c1. The zero-order chi connectivity index (χ0) is 14.9. The van der Waals surface area contributed by atoms with Gasteiger partial charge in [-0.05, 0) is 38.0 Å². The molecule has 0 N–H and O–H groups in total. The number of aromatic nitrogens is 1. The summed E-state index contributed by atoms with van der Waals surface area (Å²) in [5.74, 6) is 0.464. The lowest BCUT2D eigenvalue weighted by atomic mass is 10.1. The maximum atomic E-state index is 11.0. The first kappa shape index (κ1) is 14.3. The summed E-state index contributed by atoms with van der Waals surface area (Å²) < 4.78 is 5.63. The van der Waals surface area contributed by atoms with E-state index in [-0.39, 0.29) is 16.7 Å². The smallest absolute Gasteiger partial charge is 0.331 e. The number of rotatable bonds is 3. The van der Waals surface area contributed by atoms with Crippen LogP contribution in [0.3, 0.4) is 0 Å². The van der Waals surface area contributed by atoms with Crippen LogP contribution in [0.2, 0.25) is 5.15 Å². The van der Waals surface area contributed by atoms with E-state index in [9.17, 15) is 10.1 Å². The van der Waals surface area contributed by atoms with Gasteiger partial charge >= 0.3 is 11.6 Å². The van der Waals surface area contributed by atoms with Crippen LogP contribution in [0.4, 0.5) is 5.69 Å². The van der Waals surface area contributed by atoms with Crippen LogP contribution in [0.25, 0.3) is 0 Å². The van der Waals surface area contributed by atoms with Crippen LogP contribution in [0, 0.1) is 30.9 Å². The third kappa shape index (κ3) is 2.88. The molecule has 0 unspecified atom stereocenters. The molecule has 6 heteroatoms. The Morgan fingerprint density at radius 2 is 1.80 bits per heavy atom. The molecule has 1 heterocycles. The lowest BCUT2D eigenvalue weighted by Crippen LogP contribution is -1.99. The fraction of sp³-hybridized carbons (Fsp3) is 0.214. The summed E-state index contributed by atoms with van der Waals surface area (Å²) in [6.07, 6.45) is 0. The summed E-state index contributed by atoms with van der Waals surface area (Å²) in [5, 5.41) is 11.1. The summed E-state index contributed by atoms with van der Waals surface area (Å²) in [6.45, 7) is 5.74. The van der Waals surface area contributed by atoms with Crippen molar-refractivity contribution < 1.29 is 9.66 Å². The van der Waals surface area contributed by atoms with Gasteiger partial charge in [-0.15, -0.1) is 0 Å². The van der Waals surface area contributed by atoms with E-state index >= 15 is 0 Å². The summed E-state index contributed by atoms with van der Waals surface area (Å²) in [7, 11) is 0. The molecule has 0 radical (unpaired) electrons. The maximum absolute atomic E-state index is 11.0. The number of halogens is 1. The number of hydrogen-bond donors (Lipinski definition) is 0. The lowest BCUT2D eigenvalue weighted by Gasteiger charge is -2.12. The molecule has 0 amide bonds. The molecule has 1 aromatic heterocycles. The number of aryl methyl sites for hydroxylation is 3. The Morgan fingerprint density at radius 1 is 1.20 bits per heavy atom. The molecule has 0 atom stereocenters. The third-order valence-electron chi connectivity index (χ3n) is 2.81. The lowest BCUT2D eigenvalue weighted by molar-refractivity contribution is -0.386. The molecule has 2 rings (SSSR count). The van der Waals surface area contributed by atoms with Crippen molar-refractivity contribution in [3.63, 3.8) is 0 Å². The Labute approximate surface area is 121 Å². The van der Waals surface area contributed by atoms with Gasteiger partial charge in [0.2, 0.25) is 0 Å². The first-order valence-electron chi connectivity index (χ1n) is 5.95. The van der Waals surface area contributed by atoms with Crippen molar-refractivity contribution in [2.24, 2.45) is 0 Å². The fourth-order valence-electron chi connectivity index (χ4n) is 2.05. The summed E-state index contributed by atoms with van der Waals surface area (Å²) in [4.78, 5) is 14.3. The van der Waals surface area contributed by atoms with E-state index in [2.05, 4.69) is 4.98 Å². The van der Waals surface area contributed by atoms with Gasteiger partial charge in [0, 0.05) is 6.07 Å². The van der Waals surface area contributed by atoms with Crippen molar-refractivity contribution in [1.82, 2.24) is 4.98 Å². The standard InChI is InChI=1S/C14H13ClN2O3/c1-8-6-9(2)13(10(3)7-8)20-14-11(17(18)19)4-5-12(15)16-14/h4-7H,1-3H3. The van der Waals surface area contributed by atoms with Crippen LogP contribution >= 0.6 is 11.6 Å². The van der Waals surface area contributed by atoms with Crippen LogP contribution in [0.1, 0.15) is 16.7 Å². The molecule has 0 fully saturated rings. The van der Waals surface area contributed by atoms with Crippen LogP contribution in [-0.4, -0.2) is 9.91 Å². The minimum atomic E-state index is -0.544. The Morgan fingerprint density at radius 3 is 2.35 bits per heavy atom. The van der Waals surface area contributed by atoms with Crippen molar-refractivity contribution in [3.05, 3.63) is 56.2 Å². The predicted molar refractivity (Wildman–Crippen MR) is 76.6 cm³/mol. The average molecular weight is 293 g/mol. The second-order valence-corrected chi connectivity index (χ2v) is 4.93. The molecular weight excluding hydrogens is 280 g/mol. The Hall–Kier alpha value is -2.14. The second kappa shape index (κ2) is 5.46. The zero-order valence-corrected chi connectivity index (χ0v) is 12.1. The number of nitrogens with zero attached hydrogens (tertiary/aromatic N) is 2. The number of ether oxygens (including phenoxy) is 1. The first-order valence-corrected chi connectivity index (χ1v) is 6.33. The molecule has 0 aliphatic carbocycles. The minimum Gasteiger partial charge on any atom is -0.433 e. The zero-order valence-electron chi connectivity index (χ0n) is 11.3. The topological polar surface area (TPSA) is 65.3 Å². The Kier molecular flexibility index (Phi) is 3.90. The summed E-state index contributed by atoms with van der Waals surface area (Å²) in [6, 6.07) is 6.53. The van der Waals surface area contributed by atoms with E-state index in [0.29, 0.717) is 5.75 Å². The number of pyridine rings is 1. The van der Waals surface area contributed by atoms with Gasteiger partial charge < -0.3 is 4.74 Å². The van der Waals surface area contributed by atoms with Crippen LogP contribution < -0.4 is 4.74 Å². The molecular formula is C14H13ClN2O3. The van der Waals surface area contributed by atoms with E-state index in [1.54, 1.807) is 0 Å². The Bertz CT molecular complexity index is 663. The molecule has 5 nitrogen and oxygen atoms in total. The highest BCUT2D eigenvalue weighted by Gasteiger charge is 2.19. The monoisotopic (exact) mass is 292 g/mol. The van der Waals surface area contributed by atoms with Crippen molar-refractivity contribution >= 4 is 17.3 Å². The second-order valence-electron chi connectivity index (χ2n) is 4.55. The van der Waals surface area contributed by atoms with Gasteiger partial charge in [0.05, 0.1) is 4.92 Å². The summed E-state index contributed by atoms with van der Waals surface area (Å²) in [5.41, 5.74) is 2.66. The Balaban J connectivity index is 2.50. The van der Waals surface area contributed by atoms with Gasteiger partial charge in [-0.3, -0.25) is 10.1 Å².